The van der Waals surface area contributed by atoms with Gasteiger partial charge in [-0.3, -0.25) is 4.79 Å². The van der Waals surface area contributed by atoms with Crippen LogP contribution in [0.4, 0.5) is 0 Å². The summed E-state index contributed by atoms with van der Waals surface area (Å²) in [5.74, 6) is 0.243. The molecule has 0 amide bonds. The Balaban J connectivity index is 2.84. The first-order chi connectivity index (χ1) is 7.34. The minimum Gasteiger partial charge on any atom is -0.508 e. The molecule has 0 unspecified atom stereocenters. The summed E-state index contributed by atoms with van der Waals surface area (Å²) in [5, 5.41) is 9.62. The van der Waals surface area contributed by atoms with Crippen molar-refractivity contribution in [1.29, 1.82) is 0 Å². The van der Waals surface area contributed by atoms with E-state index in [1.807, 2.05) is 6.92 Å². The molecule has 0 bridgehead atoms. The smallest absolute Gasteiger partial charge is 0.316 e. The molecule has 88 valence electrons. The molecule has 0 radical (unpaired) electrons. The van der Waals surface area contributed by atoms with Gasteiger partial charge in [-0.15, -0.1) is 0 Å². The lowest BCUT2D eigenvalue weighted by Gasteiger charge is -2.16. The van der Waals surface area contributed by atoms with Crippen LogP contribution >= 0.6 is 0 Å². The van der Waals surface area contributed by atoms with Crippen molar-refractivity contribution >= 4 is 5.97 Å². The van der Waals surface area contributed by atoms with Gasteiger partial charge in [-0.25, -0.2) is 0 Å². The number of phenols is 1. The Kier molecular flexibility index (Phi) is 3.58. The van der Waals surface area contributed by atoms with Crippen molar-refractivity contribution in [2.24, 2.45) is 5.41 Å². The predicted molar refractivity (Wildman–Crippen MR) is 62.6 cm³/mol. The molecule has 1 N–H and O–H groups in total. The summed E-state index contributed by atoms with van der Waals surface area (Å²) in [6.07, 6.45) is 0.749. The molecule has 0 aliphatic rings. The second kappa shape index (κ2) is 4.56. The highest BCUT2D eigenvalue weighted by Crippen LogP contribution is 2.26. The molecule has 0 aromatic heterocycles. The average Bonchev–Trinajstić information content (AvgIpc) is 2.16. The lowest BCUT2D eigenvalue weighted by molar-refractivity contribution is -0.142. The van der Waals surface area contributed by atoms with Gasteiger partial charge in [0.25, 0.3) is 0 Å². The van der Waals surface area contributed by atoms with Crippen LogP contribution in [0.1, 0.15) is 33.3 Å². The van der Waals surface area contributed by atoms with Gasteiger partial charge in [0.05, 0.1) is 5.41 Å². The number of rotatable bonds is 2. The van der Waals surface area contributed by atoms with E-state index in [0.29, 0.717) is 5.75 Å². The second-order valence-electron chi connectivity index (χ2n) is 4.78. The highest BCUT2D eigenvalue weighted by molar-refractivity contribution is 5.77. The Labute approximate surface area is 96.1 Å². The van der Waals surface area contributed by atoms with Crippen molar-refractivity contribution in [1.82, 2.24) is 0 Å². The molecule has 1 aromatic rings. The highest BCUT2D eigenvalue weighted by atomic mass is 16.5. The van der Waals surface area contributed by atoms with Crippen LogP contribution in [0.25, 0.3) is 0 Å². The van der Waals surface area contributed by atoms with Gasteiger partial charge in [-0.2, -0.15) is 0 Å². The number of aryl methyl sites for hydroxylation is 1. The third-order valence-corrected chi connectivity index (χ3v) is 2.26. The second-order valence-corrected chi connectivity index (χ2v) is 4.78. The zero-order chi connectivity index (χ0) is 12.3. The molecule has 1 aromatic carbocycles. The first-order valence-electron chi connectivity index (χ1n) is 5.38. The molecule has 1 rings (SSSR count). The Morgan fingerprint density at radius 3 is 2.44 bits per heavy atom. The summed E-state index contributed by atoms with van der Waals surface area (Å²) in [4.78, 5) is 11.6. The third-order valence-electron chi connectivity index (χ3n) is 2.26. The molecule has 0 atom stereocenters. The summed E-state index contributed by atoms with van der Waals surface area (Å²) >= 11 is 0. The minimum atomic E-state index is -0.543. The first-order valence-corrected chi connectivity index (χ1v) is 5.38. The quantitative estimate of drug-likeness (QED) is 0.618. The summed E-state index contributed by atoms with van der Waals surface area (Å²) in [6.45, 7) is 7.32. The molecule has 0 saturated heterocycles. The Morgan fingerprint density at radius 1 is 1.38 bits per heavy atom. The van der Waals surface area contributed by atoms with Gasteiger partial charge in [0.2, 0.25) is 0 Å². The zero-order valence-corrected chi connectivity index (χ0v) is 10.2. The maximum Gasteiger partial charge on any atom is 0.316 e. The van der Waals surface area contributed by atoms with E-state index in [-0.39, 0.29) is 11.7 Å². The monoisotopic (exact) mass is 222 g/mol. The van der Waals surface area contributed by atoms with Crippen LogP contribution in [0.15, 0.2) is 18.2 Å². The van der Waals surface area contributed by atoms with E-state index < -0.39 is 5.41 Å². The van der Waals surface area contributed by atoms with Gasteiger partial charge in [-0.05, 0) is 38.8 Å². The van der Waals surface area contributed by atoms with Crippen molar-refractivity contribution in [3.05, 3.63) is 23.8 Å². The van der Waals surface area contributed by atoms with E-state index in [1.54, 1.807) is 32.9 Å². The molecule has 16 heavy (non-hydrogen) atoms. The van der Waals surface area contributed by atoms with Crippen LogP contribution in [0.3, 0.4) is 0 Å². The fraction of sp³-hybridized carbons (Fsp3) is 0.462. The number of carbonyl (C=O) groups is 1. The number of aromatic hydroxyl groups is 1. The molecule has 0 spiro atoms. The van der Waals surface area contributed by atoms with E-state index in [9.17, 15) is 9.90 Å². The number of ether oxygens (including phenoxy) is 1. The van der Waals surface area contributed by atoms with E-state index >= 15 is 0 Å². The van der Waals surface area contributed by atoms with Crippen molar-refractivity contribution in [3.8, 4) is 11.5 Å². The molecular formula is C13H18O3. The minimum absolute atomic E-state index is 0.168. The molecule has 0 aliphatic heterocycles. The number of benzene rings is 1. The molecule has 0 heterocycles. The van der Waals surface area contributed by atoms with E-state index in [0.717, 1.165) is 12.0 Å². The lowest BCUT2D eigenvalue weighted by Crippen LogP contribution is -2.25. The van der Waals surface area contributed by atoms with Crippen LogP contribution in [0.5, 0.6) is 11.5 Å². The number of hydrogen-bond donors (Lipinski definition) is 1. The summed E-state index contributed by atoms with van der Waals surface area (Å²) in [7, 11) is 0. The summed E-state index contributed by atoms with van der Waals surface area (Å²) < 4.78 is 5.16. The number of esters is 1. The van der Waals surface area contributed by atoms with E-state index in [2.05, 4.69) is 0 Å². The summed E-state index contributed by atoms with van der Waals surface area (Å²) in [5.41, 5.74) is 0.300. The van der Waals surface area contributed by atoms with Crippen molar-refractivity contribution in [2.75, 3.05) is 0 Å². The maximum atomic E-state index is 11.6. The van der Waals surface area contributed by atoms with Gasteiger partial charge in [-0.1, -0.05) is 13.0 Å². The lowest BCUT2D eigenvalue weighted by atomic mass is 9.97. The van der Waals surface area contributed by atoms with Crippen LogP contribution < -0.4 is 4.74 Å². The Morgan fingerprint density at radius 2 is 2.00 bits per heavy atom. The fourth-order valence-corrected chi connectivity index (χ4v) is 1.17. The van der Waals surface area contributed by atoms with Gasteiger partial charge < -0.3 is 9.84 Å². The molecule has 3 nitrogen and oxygen atoms in total. The fourth-order valence-electron chi connectivity index (χ4n) is 1.17. The topological polar surface area (TPSA) is 46.5 Å². The molecule has 0 saturated carbocycles. The van der Waals surface area contributed by atoms with E-state index in [1.165, 1.54) is 6.07 Å². The predicted octanol–water partition coefficient (Wildman–Crippen LogP) is 2.91. The van der Waals surface area contributed by atoms with Crippen LogP contribution in [-0.4, -0.2) is 11.1 Å². The van der Waals surface area contributed by atoms with E-state index in [4.69, 9.17) is 4.74 Å². The molecule has 3 heteroatoms. The Bertz CT molecular complexity index is 389. The van der Waals surface area contributed by atoms with Gasteiger partial charge in [0.1, 0.15) is 11.5 Å². The number of carbonyl (C=O) groups excluding carboxylic acids is 1. The van der Waals surface area contributed by atoms with Crippen molar-refractivity contribution in [2.45, 2.75) is 34.1 Å². The number of hydrogen-bond acceptors (Lipinski definition) is 3. The van der Waals surface area contributed by atoms with Gasteiger partial charge in [0.15, 0.2) is 0 Å². The number of phenolic OH excluding ortho intramolecular Hbond substituents is 1. The van der Waals surface area contributed by atoms with Crippen LogP contribution in [0, 0.1) is 5.41 Å². The van der Waals surface area contributed by atoms with Crippen molar-refractivity contribution in [3.63, 3.8) is 0 Å². The largest absolute Gasteiger partial charge is 0.508 e. The molecule has 0 fully saturated rings. The van der Waals surface area contributed by atoms with Crippen LogP contribution in [-0.2, 0) is 11.2 Å². The molecular weight excluding hydrogens is 204 g/mol. The average molecular weight is 222 g/mol. The normalized spacial score (nSPS) is 11.2. The first kappa shape index (κ1) is 12.6. The summed E-state index contributed by atoms with van der Waals surface area (Å²) in [6, 6.07) is 4.94. The zero-order valence-electron chi connectivity index (χ0n) is 10.2. The maximum absolute atomic E-state index is 11.6. The highest BCUT2D eigenvalue weighted by Gasteiger charge is 2.23. The molecule has 0 aliphatic carbocycles. The Hall–Kier alpha value is -1.51. The van der Waals surface area contributed by atoms with Crippen molar-refractivity contribution < 1.29 is 14.6 Å². The van der Waals surface area contributed by atoms with Crippen LogP contribution in [0.2, 0.25) is 0 Å². The SMILES string of the molecule is CCc1ccc(OC(=O)C(C)(C)C)cc1O. The van der Waals surface area contributed by atoms with Gasteiger partial charge >= 0.3 is 5.97 Å². The van der Waals surface area contributed by atoms with Gasteiger partial charge in [0, 0.05) is 6.07 Å². The third kappa shape index (κ3) is 2.99. The standard InChI is InChI=1S/C13H18O3/c1-5-9-6-7-10(8-11(9)14)16-12(15)13(2,3)4/h6-8,14H,5H2,1-4H3.